The van der Waals surface area contributed by atoms with Gasteiger partial charge in [-0.2, -0.15) is 10.1 Å². The predicted octanol–water partition coefficient (Wildman–Crippen LogP) is 0.235. The summed E-state index contributed by atoms with van der Waals surface area (Å²) in [5.41, 5.74) is -0.00723. The number of nitrogens with one attached hydrogen (secondary N) is 1. The van der Waals surface area contributed by atoms with E-state index in [1.165, 1.54) is 6.20 Å². The Balaban J connectivity index is 1.99. The molecule has 2 aromatic heterocycles. The number of aliphatic hydroxyl groups excluding tert-OH is 1. The predicted molar refractivity (Wildman–Crippen MR) is 71.8 cm³/mol. The molecule has 0 aromatic carbocycles. The summed E-state index contributed by atoms with van der Waals surface area (Å²) in [4.78, 5) is 15.9. The number of aryl methyl sites for hydroxylation is 1. The maximum absolute atomic E-state index is 11.8. The second-order valence-corrected chi connectivity index (χ2v) is 4.41. The van der Waals surface area contributed by atoms with Crippen molar-refractivity contribution in [3.05, 3.63) is 33.3 Å². The Labute approximate surface area is 119 Å². The minimum absolute atomic E-state index is 0.0396. The highest BCUT2D eigenvalue weighted by Gasteiger charge is 2.09. The first-order chi connectivity index (χ1) is 9.61. The molecular weight excluding hydrogens is 286 g/mol. The van der Waals surface area contributed by atoms with Crippen LogP contribution in [0.5, 0.6) is 0 Å². The van der Waals surface area contributed by atoms with Crippen LogP contribution in [0.25, 0.3) is 0 Å². The lowest BCUT2D eigenvalue weighted by atomic mass is 10.3. The van der Waals surface area contributed by atoms with Crippen LogP contribution in [0.2, 0.25) is 5.02 Å². The first-order valence-electron chi connectivity index (χ1n) is 6.01. The first-order valence-corrected chi connectivity index (χ1v) is 6.39. The molecule has 0 radical (unpaired) electrons. The van der Waals surface area contributed by atoms with E-state index in [0.29, 0.717) is 30.4 Å². The SMILES string of the molecule is Cc1nc(CCNc2cnn(CCO)c(=O)c2Cl)no1. The van der Waals surface area contributed by atoms with Crippen molar-refractivity contribution in [2.45, 2.75) is 19.9 Å². The van der Waals surface area contributed by atoms with Crippen LogP contribution in [0, 0.1) is 6.92 Å². The molecule has 0 unspecified atom stereocenters. The fourth-order valence-electron chi connectivity index (χ4n) is 1.59. The molecule has 0 aliphatic carbocycles. The van der Waals surface area contributed by atoms with E-state index in [2.05, 4.69) is 20.6 Å². The molecule has 0 saturated carbocycles. The summed E-state index contributed by atoms with van der Waals surface area (Å²) in [6.07, 6.45) is 1.98. The lowest BCUT2D eigenvalue weighted by Gasteiger charge is -2.08. The number of rotatable bonds is 6. The van der Waals surface area contributed by atoms with E-state index >= 15 is 0 Å². The van der Waals surface area contributed by atoms with Crippen LogP contribution in [0.1, 0.15) is 11.7 Å². The summed E-state index contributed by atoms with van der Waals surface area (Å²) in [5.74, 6) is 1.08. The molecule has 8 nitrogen and oxygen atoms in total. The van der Waals surface area contributed by atoms with Gasteiger partial charge >= 0.3 is 0 Å². The van der Waals surface area contributed by atoms with Gasteiger partial charge in [0.25, 0.3) is 5.56 Å². The van der Waals surface area contributed by atoms with Crippen molar-refractivity contribution in [1.29, 1.82) is 0 Å². The third-order valence-corrected chi connectivity index (χ3v) is 2.90. The number of aliphatic hydroxyl groups is 1. The van der Waals surface area contributed by atoms with Gasteiger partial charge in [-0.15, -0.1) is 0 Å². The molecule has 20 heavy (non-hydrogen) atoms. The lowest BCUT2D eigenvalue weighted by Crippen LogP contribution is -2.25. The van der Waals surface area contributed by atoms with Crippen LogP contribution in [0.3, 0.4) is 0 Å². The Bertz CT molecular complexity index is 639. The van der Waals surface area contributed by atoms with E-state index in [0.717, 1.165) is 4.68 Å². The van der Waals surface area contributed by atoms with Gasteiger partial charge in [0.1, 0.15) is 5.02 Å². The van der Waals surface area contributed by atoms with Gasteiger partial charge in [0.15, 0.2) is 5.82 Å². The van der Waals surface area contributed by atoms with E-state index in [9.17, 15) is 4.79 Å². The van der Waals surface area contributed by atoms with Crippen molar-refractivity contribution in [3.63, 3.8) is 0 Å². The number of nitrogens with zero attached hydrogens (tertiary/aromatic N) is 4. The molecule has 2 rings (SSSR count). The molecule has 0 amide bonds. The molecule has 2 aromatic rings. The molecule has 0 fully saturated rings. The van der Waals surface area contributed by atoms with Gasteiger partial charge in [0.05, 0.1) is 25.0 Å². The Hall–Kier alpha value is -1.93. The molecule has 2 N–H and O–H groups in total. The van der Waals surface area contributed by atoms with E-state index < -0.39 is 5.56 Å². The maximum Gasteiger partial charge on any atom is 0.287 e. The topological polar surface area (TPSA) is 106 Å². The summed E-state index contributed by atoms with van der Waals surface area (Å²) >= 11 is 5.95. The minimum atomic E-state index is -0.443. The highest BCUT2D eigenvalue weighted by molar-refractivity contribution is 6.32. The van der Waals surface area contributed by atoms with Gasteiger partial charge in [0, 0.05) is 19.9 Å². The first kappa shape index (κ1) is 14.5. The van der Waals surface area contributed by atoms with Crippen molar-refractivity contribution in [3.8, 4) is 0 Å². The minimum Gasteiger partial charge on any atom is -0.394 e. The van der Waals surface area contributed by atoms with Crippen molar-refractivity contribution in [1.82, 2.24) is 19.9 Å². The molecule has 2 heterocycles. The van der Waals surface area contributed by atoms with Crippen LogP contribution in [-0.4, -0.2) is 38.2 Å². The number of hydrogen-bond donors (Lipinski definition) is 2. The van der Waals surface area contributed by atoms with Gasteiger partial charge in [0.2, 0.25) is 5.89 Å². The average molecular weight is 300 g/mol. The standard InChI is InChI=1S/C11H14ClN5O3/c1-7-15-9(16-20-7)2-3-13-8-6-14-17(4-5-18)11(19)10(8)12/h6,13,18H,2-5H2,1H3. The molecule has 0 spiro atoms. The summed E-state index contributed by atoms with van der Waals surface area (Å²) in [6.45, 7) is 2.14. The van der Waals surface area contributed by atoms with E-state index in [-0.39, 0.29) is 18.2 Å². The summed E-state index contributed by atoms with van der Waals surface area (Å²) in [6, 6.07) is 0. The lowest BCUT2D eigenvalue weighted by molar-refractivity contribution is 0.266. The molecule has 0 aliphatic heterocycles. The number of hydrogen-bond acceptors (Lipinski definition) is 7. The quantitative estimate of drug-likeness (QED) is 0.786. The zero-order chi connectivity index (χ0) is 14.5. The Morgan fingerprint density at radius 1 is 1.55 bits per heavy atom. The van der Waals surface area contributed by atoms with Crippen LogP contribution in [-0.2, 0) is 13.0 Å². The highest BCUT2D eigenvalue weighted by atomic mass is 35.5. The Morgan fingerprint density at radius 2 is 2.35 bits per heavy atom. The second-order valence-electron chi connectivity index (χ2n) is 4.03. The maximum atomic E-state index is 11.8. The third kappa shape index (κ3) is 3.34. The van der Waals surface area contributed by atoms with Gasteiger partial charge < -0.3 is 14.9 Å². The normalized spacial score (nSPS) is 10.8. The van der Waals surface area contributed by atoms with Crippen molar-refractivity contribution >= 4 is 17.3 Å². The summed E-state index contributed by atoms with van der Waals surface area (Å²) < 4.78 is 5.96. The van der Waals surface area contributed by atoms with Crippen LogP contribution >= 0.6 is 11.6 Å². The van der Waals surface area contributed by atoms with Crippen molar-refractivity contribution in [2.24, 2.45) is 0 Å². The number of anilines is 1. The molecule has 0 bridgehead atoms. The zero-order valence-corrected chi connectivity index (χ0v) is 11.6. The summed E-state index contributed by atoms with van der Waals surface area (Å²) in [7, 11) is 0. The van der Waals surface area contributed by atoms with E-state index in [1.807, 2.05) is 0 Å². The monoisotopic (exact) mass is 299 g/mol. The van der Waals surface area contributed by atoms with Gasteiger partial charge in [-0.05, 0) is 0 Å². The number of aromatic nitrogens is 4. The van der Waals surface area contributed by atoms with Crippen molar-refractivity contribution < 1.29 is 9.63 Å². The van der Waals surface area contributed by atoms with Gasteiger partial charge in [-0.3, -0.25) is 4.79 Å². The van der Waals surface area contributed by atoms with Crippen LogP contribution < -0.4 is 10.9 Å². The average Bonchev–Trinajstić information content (AvgIpc) is 2.84. The molecular formula is C11H14ClN5O3. The smallest absolute Gasteiger partial charge is 0.287 e. The van der Waals surface area contributed by atoms with Crippen LogP contribution in [0.15, 0.2) is 15.5 Å². The molecule has 108 valence electrons. The molecule has 0 aliphatic rings. The Morgan fingerprint density at radius 3 is 3.00 bits per heavy atom. The number of halogens is 1. The highest BCUT2D eigenvalue weighted by Crippen LogP contribution is 2.14. The van der Waals surface area contributed by atoms with Crippen LogP contribution in [0.4, 0.5) is 5.69 Å². The molecule has 0 atom stereocenters. The molecule has 9 heteroatoms. The zero-order valence-electron chi connectivity index (χ0n) is 10.8. The fraction of sp³-hybridized carbons (Fsp3) is 0.455. The van der Waals surface area contributed by atoms with Gasteiger partial charge in [-0.1, -0.05) is 16.8 Å². The van der Waals surface area contributed by atoms with Crippen molar-refractivity contribution in [2.75, 3.05) is 18.5 Å². The largest absolute Gasteiger partial charge is 0.394 e. The van der Waals surface area contributed by atoms with E-state index in [4.69, 9.17) is 21.2 Å². The third-order valence-electron chi connectivity index (χ3n) is 2.53. The summed E-state index contributed by atoms with van der Waals surface area (Å²) in [5, 5.41) is 19.5. The Kier molecular flexibility index (Phi) is 4.70. The molecule has 0 saturated heterocycles. The fourth-order valence-corrected chi connectivity index (χ4v) is 1.81. The van der Waals surface area contributed by atoms with Gasteiger partial charge in [-0.25, -0.2) is 4.68 Å². The van der Waals surface area contributed by atoms with E-state index in [1.54, 1.807) is 6.92 Å². The second kappa shape index (κ2) is 6.49.